The van der Waals surface area contributed by atoms with E-state index < -0.39 is 0 Å². The van der Waals surface area contributed by atoms with Crippen molar-refractivity contribution < 1.29 is 9.47 Å². The van der Waals surface area contributed by atoms with Crippen LogP contribution in [0.2, 0.25) is 0 Å². The Labute approximate surface area is 145 Å². The molecule has 0 aromatic heterocycles. The summed E-state index contributed by atoms with van der Waals surface area (Å²) in [5.41, 5.74) is 0. The fraction of sp³-hybridized carbons (Fsp3) is 0.941. The van der Waals surface area contributed by atoms with Crippen molar-refractivity contribution in [2.45, 2.75) is 36.9 Å². The first-order valence-electron chi connectivity index (χ1n) is 8.81. The summed E-state index contributed by atoms with van der Waals surface area (Å²) in [5.74, 6) is 1.81. The first kappa shape index (κ1) is 18.9. The number of hydrogen-bond donors (Lipinski definition) is 1. The van der Waals surface area contributed by atoms with Crippen LogP contribution >= 0.6 is 11.8 Å². The molecule has 5 nitrogen and oxygen atoms in total. The summed E-state index contributed by atoms with van der Waals surface area (Å²) in [7, 11) is 4.02. The second-order valence-electron chi connectivity index (χ2n) is 6.67. The van der Waals surface area contributed by atoms with Crippen molar-refractivity contribution in [1.82, 2.24) is 10.2 Å². The predicted molar refractivity (Wildman–Crippen MR) is 98.5 cm³/mol. The molecule has 0 spiro atoms. The predicted octanol–water partition coefficient (Wildman–Crippen LogP) is 2.22. The summed E-state index contributed by atoms with van der Waals surface area (Å²) in [6, 6.07) is 0. The van der Waals surface area contributed by atoms with Gasteiger partial charge >= 0.3 is 0 Å². The minimum Gasteiger partial charge on any atom is -0.381 e. The standard InChI is InChI=1S/C17H33N3O2S/c1-18-16(19-14-17(23-3)7-12-22-13-8-17)20(2)9-4-15-5-10-21-11-6-15/h15H,4-14H2,1-3H3,(H,18,19). The molecule has 6 heteroatoms. The molecule has 0 bridgehead atoms. The summed E-state index contributed by atoms with van der Waals surface area (Å²) >= 11 is 1.96. The van der Waals surface area contributed by atoms with Crippen LogP contribution in [0, 0.1) is 5.92 Å². The van der Waals surface area contributed by atoms with E-state index in [1.165, 1.54) is 19.3 Å². The maximum Gasteiger partial charge on any atom is 0.193 e. The van der Waals surface area contributed by atoms with Gasteiger partial charge in [0, 0.05) is 58.4 Å². The highest BCUT2D eigenvalue weighted by Gasteiger charge is 2.32. The highest BCUT2D eigenvalue weighted by Crippen LogP contribution is 2.33. The van der Waals surface area contributed by atoms with Gasteiger partial charge in [0.1, 0.15) is 0 Å². The minimum atomic E-state index is 0.287. The van der Waals surface area contributed by atoms with Crippen LogP contribution in [0.25, 0.3) is 0 Å². The normalized spacial score (nSPS) is 22.8. The Morgan fingerprint density at radius 1 is 1.22 bits per heavy atom. The maximum atomic E-state index is 5.52. The lowest BCUT2D eigenvalue weighted by Crippen LogP contribution is -2.48. The van der Waals surface area contributed by atoms with Crippen molar-refractivity contribution in [3.05, 3.63) is 0 Å². The van der Waals surface area contributed by atoms with E-state index in [4.69, 9.17) is 9.47 Å². The van der Waals surface area contributed by atoms with E-state index in [0.29, 0.717) is 0 Å². The van der Waals surface area contributed by atoms with Crippen LogP contribution in [-0.2, 0) is 9.47 Å². The van der Waals surface area contributed by atoms with Crippen LogP contribution in [0.4, 0.5) is 0 Å². The molecule has 0 amide bonds. The van der Waals surface area contributed by atoms with Crippen molar-refractivity contribution >= 4 is 17.7 Å². The lowest BCUT2D eigenvalue weighted by atomic mass is 9.96. The molecule has 0 radical (unpaired) electrons. The van der Waals surface area contributed by atoms with E-state index in [1.807, 2.05) is 18.8 Å². The summed E-state index contributed by atoms with van der Waals surface area (Å²) < 4.78 is 11.3. The fourth-order valence-corrected chi connectivity index (χ4v) is 4.13. The Bertz CT molecular complexity index is 367. The van der Waals surface area contributed by atoms with Crippen LogP contribution in [0.5, 0.6) is 0 Å². The number of guanidine groups is 1. The van der Waals surface area contributed by atoms with E-state index >= 15 is 0 Å². The van der Waals surface area contributed by atoms with Crippen LogP contribution < -0.4 is 5.32 Å². The average molecular weight is 344 g/mol. The highest BCUT2D eigenvalue weighted by molar-refractivity contribution is 8.00. The maximum absolute atomic E-state index is 5.52. The fourth-order valence-electron chi connectivity index (χ4n) is 3.34. The van der Waals surface area contributed by atoms with Gasteiger partial charge in [-0.1, -0.05) is 0 Å². The number of hydrogen-bond acceptors (Lipinski definition) is 4. The second-order valence-corrected chi connectivity index (χ2v) is 7.94. The van der Waals surface area contributed by atoms with Gasteiger partial charge in [0.25, 0.3) is 0 Å². The first-order chi connectivity index (χ1) is 11.2. The molecule has 2 fully saturated rings. The van der Waals surface area contributed by atoms with Gasteiger partial charge < -0.3 is 19.7 Å². The third-order valence-corrected chi connectivity index (χ3v) is 6.61. The molecule has 23 heavy (non-hydrogen) atoms. The largest absolute Gasteiger partial charge is 0.381 e. The van der Waals surface area contributed by atoms with Gasteiger partial charge in [-0.05, 0) is 44.3 Å². The van der Waals surface area contributed by atoms with Gasteiger partial charge in [0.15, 0.2) is 5.96 Å². The Hall–Kier alpha value is -0.460. The number of aliphatic imine (C=N–C) groups is 1. The minimum absolute atomic E-state index is 0.287. The van der Waals surface area contributed by atoms with Crippen molar-refractivity contribution in [2.24, 2.45) is 10.9 Å². The Morgan fingerprint density at radius 2 is 1.87 bits per heavy atom. The van der Waals surface area contributed by atoms with Crippen LogP contribution in [0.1, 0.15) is 32.1 Å². The molecule has 0 aliphatic carbocycles. The number of nitrogens with one attached hydrogen (secondary N) is 1. The Kier molecular flexibility index (Phi) is 7.99. The highest BCUT2D eigenvalue weighted by atomic mass is 32.2. The van der Waals surface area contributed by atoms with Gasteiger partial charge in [0.05, 0.1) is 0 Å². The topological polar surface area (TPSA) is 46.1 Å². The first-order valence-corrected chi connectivity index (χ1v) is 10.0. The van der Waals surface area contributed by atoms with E-state index in [2.05, 4.69) is 28.5 Å². The molecule has 1 N–H and O–H groups in total. The zero-order chi connectivity index (χ0) is 16.5. The van der Waals surface area contributed by atoms with Gasteiger partial charge in [0.2, 0.25) is 0 Å². The smallest absolute Gasteiger partial charge is 0.193 e. The molecule has 2 saturated heterocycles. The molecule has 134 valence electrons. The van der Waals surface area contributed by atoms with Crippen LogP contribution in [0.3, 0.4) is 0 Å². The molecule has 2 aliphatic rings. The summed E-state index contributed by atoms with van der Waals surface area (Å²) in [6.07, 6.45) is 8.07. The van der Waals surface area contributed by atoms with Crippen molar-refractivity contribution in [2.75, 3.05) is 59.9 Å². The van der Waals surface area contributed by atoms with Crippen molar-refractivity contribution in [3.63, 3.8) is 0 Å². The quantitative estimate of drug-likeness (QED) is 0.592. The lowest BCUT2D eigenvalue weighted by Gasteiger charge is -2.37. The lowest BCUT2D eigenvalue weighted by molar-refractivity contribution is 0.0625. The van der Waals surface area contributed by atoms with Crippen molar-refractivity contribution in [3.8, 4) is 0 Å². The average Bonchev–Trinajstić information content (AvgIpc) is 2.62. The third kappa shape index (κ3) is 5.84. The SMILES string of the molecule is CN=C(NCC1(SC)CCOCC1)N(C)CCC1CCOCC1. The van der Waals surface area contributed by atoms with Gasteiger partial charge in [-0.15, -0.1) is 0 Å². The molecule has 2 rings (SSSR count). The van der Waals surface area contributed by atoms with E-state index in [-0.39, 0.29) is 4.75 Å². The molecular weight excluding hydrogens is 310 g/mol. The van der Waals surface area contributed by atoms with E-state index in [1.54, 1.807) is 0 Å². The number of thioether (sulfide) groups is 1. The van der Waals surface area contributed by atoms with Crippen LogP contribution in [-0.4, -0.2) is 75.5 Å². The zero-order valence-electron chi connectivity index (χ0n) is 15.0. The number of rotatable bonds is 6. The molecule has 0 aromatic rings. The molecule has 0 saturated carbocycles. The Morgan fingerprint density at radius 3 is 2.48 bits per heavy atom. The number of ether oxygens (including phenoxy) is 2. The van der Waals surface area contributed by atoms with Gasteiger partial charge in [-0.3, -0.25) is 4.99 Å². The zero-order valence-corrected chi connectivity index (χ0v) is 15.8. The Balaban J connectivity index is 1.76. The molecule has 2 aliphatic heterocycles. The van der Waals surface area contributed by atoms with Crippen LogP contribution in [0.15, 0.2) is 4.99 Å². The summed E-state index contributed by atoms with van der Waals surface area (Å²) in [5, 5.41) is 3.59. The van der Waals surface area contributed by atoms with Gasteiger partial charge in [-0.2, -0.15) is 11.8 Å². The second kappa shape index (κ2) is 9.74. The number of nitrogens with zero attached hydrogens (tertiary/aromatic N) is 2. The monoisotopic (exact) mass is 343 g/mol. The van der Waals surface area contributed by atoms with E-state index in [9.17, 15) is 0 Å². The molecule has 0 atom stereocenters. The molecule has 0 unspecified atom stereocenters. The molecule has 2 heterocycles. The van der Waals surface area contributed by atoms with Gasteiger partial charge in [-0.25, -0.2) is 0 Å². The third-order valence-electron chi connectivity index (χ3n) is 5.19. The molecular formula is C17H33N3O2S. The summed E-state index contributed by atoms with van der Waals surface area (Å²) in [6.45, 7) is 5.63. The molecule has 0 aromatic carbocycles. The summed E-state index contributed by atoms with van der Waals surface area (Å²) in [4.78, 5) is 6.73. The van der Waals surface area contributed by atoms with E-state index in [0.717, 1.165) is 64.2 Å². The van der Waals surface area contributed by atoms with Crippen molar-refractivity contribution in [1.29, 1.82) is 0 Å².